The van der Waals surface area contributed by atoms with Crippen molar-refractivity contribution in [2.45, 2.75) is 32.7 Å². The Hall–Kier alpha value is -3.31. The number of benzene rings is 3. The van der Waals surface area contributed by atoms with Gasteiger partial charge < -0.3 is 14.2 Å². The van der Waals surface area contributed by atoms with E-state index >= 15 is 0 Å². The minimum absolute atomic E-state index is 0.0155. The number of imidazole rings is 1. The summed E-state index contributed by atoms with van der Waals surface area (Å²) in [6, 6.07) is 21.8. The monoisotopic (exact) mass is 459 g/mol. The number of fused-ring (bicyclic) bond motifs is 1. The van der Waals surface area contributed by atoms with Gasteiger partial charge in [-0.3, -0.25) is 4.79 Å². The van der Waals surface area contributed by atoms with Crippen LogP contribution in [0.1, 0.15) is 29.3 Å². The molecule has 0 unspecified atom stereocenters. The maximum absolute atomic E-state index is 12.9. The molecule has 0 aliphatic carbocycles. The van der Waals surface area contributed by atoms with E-state index in [0.717, 1.165) is 28.3 Å². The molecule has 0 bridgehead atoms. The molecule has 4 aromatic rings. The molecule has 6 heteroatoms. The van der Waals surface area contributed by atoms with Crippen LogP contribution in [0.2, 0.25) is 5.02 Å². The first-order chi connectivity index (χ1) is 16.0. The Kier molecular flexibility index (Phi) is 5.81. The molecule has 2 heterocycles. The van der Waals surface area contributed by atoms with Gasteiger partial charge in [0.15, 0.2) is 0 Å². The number of rotatable bonds is 6. The second kappa shape index (κ2) is 8.91. The standard InChI is InChI=1S/C27H26ClN3O2/c1-18-13-19(2)15-23(14-18)33-12-11-30-25-6-4-3-5-24(25)29-27(30)20-16-26(32)31(17-20)22-9-7-21(28)8-10-22/h3-10,13-15,20H,11-12,16-17H2,1-2H3/t20-/m1/s1. The number of ether oxygens (including phenoxy) is 1. The first-order valence-corrected chi connectivity index (χ1v) is 11.6. The quantitative estimate of drug-likeness (QED) is 0.360. The number of para-hydroxylation sites is 2. The lowest BCUT2D eigenvalue weighted by Gasteiger charge is -2.18. The summed E-state index contributed by atoms with van der Waals surface area (Å²) >= 11 is 6.03. The fraction of sp³-hybridized carbons (Fsp3) is 0.259. The van der Waals surface area contributed by atoms with Crippen molar-refractivity contribution in [2.75, 3.05) is 18.1 Å². The van der Waals surface area contributed by atoms with Crippen LogP contribution in [0.5, 0.6) is 5.75 Å². The zero-order valence-corrected chi connectivity index (χ0v) is 19.5. The highest BCUT2D eigenvalue weighted by Crippen LogP contribution is 2.33. The first-order valence-electron chi connectivity index (χ1n) is 11.2. The summed E-state index contributed by atoms with van der Waals surface area (Å²) in [6.07, 6.45) is 0.434. The molecule has 33 heavy (non-hydrogen) atoms. The van der Waals surface area contributed by atoms with Crippen LogP contribution in [0.25, 0.3) is 11.0 Å². The van der Waals surface area contributed by atoms with Crippen molar-refractivity contribution >= 4 is 34.2 Å². The summed E-state index contributed by atoms with van der Waals surface area (Å²) in [5.41, 5.74) is 5.24. The molecule has 168 valence electrons. The molecule has 0 saturated carbocycles. The summed E-state index contributed by atoms with van der Waals surface area (Å²) in [7, 11) is 0. The Bertz CT molecular complexity index is 1290. The van der Waals surface area contributed by atoms with E-state index in [1.807, 2.05) is 47.4 Å². The van der Waals surface area contributed by atoms with Gasteiger partial charge in [0.1, 0.15) is 18.2 Å². The van der Waals surface area contributed by atoms with Crippen molar-refractivity contribution in [2.24, 2.45) is 0 Å². The average Bonchev–Trinajstić information content (AvgIpc) is 3.34. The van der Waals surface area contributed by atoms with Gasteiger partial charge in [0.05, 0.1) is 17.6 Å². The lowest BCUT2D eigenvalue weighted by molar-refractivity contribution is -0.117. The second-order valence-corrected chi connectivity index (χ2v) is 9.10. The van der Waals surface area contributed by atoms with Gasteiger partial charge in [-0.2, -0.15) is 0 Å². The SMILES string of the molecule is Cc1cc(C)cc(OCCn2c([C@@H]3CC(=O)N(c4ccc(Cl)cc4)C3)nc3ccccc32)c1. The van der Waals surface area contributed by atoms with Crippen molar-refractivity contribution in [3.05, 3.63) is 88.7 Å². The number of halogens is 1. The van der Waals surface area contributed by atoms with Crippen LogP contribution in [-0.2, 0) is 11.3 Å². The van der Waals surface area contributed by atoms with Crippen LogP contribution in [0.4, 0.5) is 5.69 Å². The van der Waals surface area contributed by atoms with Gasteiger partial charge in [-0.05, 0) is 73.5 Å². The third-order valence-corrected chi connectivity index (χ3v) is 6.34. The molecule has 3 aromatic carbocycles. The number of carbonyl (C=O) groups excluding carboxylic acids is 1. The number of hydrogen-bond acceptors (Lipinski definition) is 3. The van der Waals surface area contributed by atoms with Crippen LogP contribution >= 0.6 is 11.6 Å². The van der Waals surface area contributed by atoms with Crippen LogP contribution < -0.4 is 9.64 Å². The largest absolute Gasteiger partial charge is 0.492 e. The predicted octanol–water partition coefficient (Wildman–Crippen LogP) is 5.91. The van der Waals surface area contributed by atoms with Crippen LogP contribution in [0, 0.1) is 13.8 Å². The average molecular weight is 460 g/mol. The number of anilines is 1. The summed E-state index contributed by atoms with van der Waals surface area (Å²) in [6.45, 7) is 5.93. The number of aryl methyl sites for hydroxylation is 2. The second-order valence-electron chi connectivity index (χ2n) is 8.66. The Morgan fingerprint density at radius 1 is 1.03 bits per heavy atom. The molecule has 1 aliphatic heterocycles. The van der Waals surface area contributed by atoms with E-state index in [-0.39, 0.29) is 11.8 Å². The van der Waals surface area contributed by atoms with Crippen LogP contribution in [-0.4, -0.2) is 28.6 Å². The minimum atomic E-state index is 0.0155. The number of hydrogen-bond donors (Lipinski definition) is 0. The molecule has 0 spiro atoms. The Balaban J connectivity index is 1.40. The molecular formula is C27H26ClN3O2. The number of carbonyl (C=O) groups is 1. The van der Waals surface area contributed by atoms with Crippen molar-refractivity contribution in [1.82, 2.24) is 9.55 Å². The zero-order valence-electron chi connectivity index (χ0n) is 18.8. The fourth-order valence-corrected chi connectivity index (χ4v) is 4.79. The van der Waals surface area contributed by atoms with E-state index in [1.165, 1.54) is 11.1 Å². The molecule has 1 fully saturated rings. The summed E-state index contributed by atoms with van der Waals surface area (Å²) < 4.78 is 8.30. The Morgan fingerprint density at radius 3 is 2.52 bits per heavy atom. The molecule has 0 radical (unpaired) electrons. The van der Waals surface area contributed by atoms with Crippen molar-refractivity contribution in [3.8, 4) is 5.75 Å². The molecule has 5 nitrogen and oxygen atoms in total. The fourth-order valence-electron chi connectivity index (χ4n) is 4.66. The Morgan fingerprint density at radius 2 is 1.76 bits per heavy atom. The molecular weight excluding hydrogens is 434 g/mol. The third kappa shape index (κ3) is 4.46. The molecule has 1 aromatic heterocycles. The highest BCUT2D eigenvalue weighted by atomic mass is 35.5. The lowest BCUT2D eigenvalue weighted by atomic mass is 10.1. The highest BCUT2D eigenvalue weighted by Gasteiger charge is 2.34. The summed E-state index contributed by atoms with van der Waals surface area (Å²) in [5.74, 6) is 1.93. The topological polar surface area (TPSA) is 47.4 Å². The molecule has 0 N–H and O–H groups in total. The smallest absolute Gasteiger partial charge is 0.227 e. The van der Waals surface area contributed by atoms with Crippen molar-refractivity contribution in [1.29, 1.82) is 0 Å². The molecule has 1 amide bonds. The van der Waals surface area contributed by atoms with Crippen molar-refractivity contribution < 1.29 is 9.53 Å². The van der Waals surface area contributed by atoms with E-state index in [4.69, 9.17) is 21.3 Å². The van der Waals surface area contributed by atoms with Gasteiger partial charge in [-0.1, -0.05) is 29.8 Å². The third-order valence-electron chi connectivity index (χ3n) is 6.09. The molecule has 5 rings (SSSR count). The van der Waals surface area contributed by atoms with E-state index < -0.39 is 0 Å². The minimum Gasteiger partial charge on any atom is -0.492 e. The van der Waals surface area contributed by atoms with E-state index in [2.05, 4.69) is 42.7 Å². The first kappa shape index (κ1) is 21.5. The molecule has 1 atom stereocenters. The Labute approximate surface area is 198 Å². The predicted molar refractivity (Wildman–Crippen MR) is 132 cm³/mol. The van der Waals surface area contributed by atoms with Gasteiger partial charge in [0.2, 0.25) is 5.91 Å². The maximum Gasteiger partial charge on any atom is 0.227 e. The van der Waals surface area contributed by atoms with E-state index in [9.17, 15) is 4.79 Å². The maximum atomic E-state index is 12.9. The number of aromatic nitrogens is 2. The van der Waals surface area contributed by atoms with E-state index in [1.54, 1.807) is 0 Å². The zero-order chi connectivity index (χ0) is 22.9. The highest BCUT2D eigenvalue weighted by molar-refractivity contribution is 6.30. The van der Waals surface area contributed by atoms with Gasteiger partial charge >= 0.3 is 0 Å². The molecule has 1 aliphatic rings. The number of nitrogens with zero attached hydrogens (tertiary/aromatic N) is 3. The normalized spacial score (nSPS) is 16.0. The van der Waals surface area contributed by atoms with E-state index in [0.29, 0.717) is 31.1 Å². The van der Waals surface area contributed by atoms with Gasteiger partial charge in [-0.15, -0.1) is 0 Å². The van der Waals surface area contributed by atoms with Gasteiger partial charge in [0.25, 0.3) is 0 Å². The summed E-state index contributed by atoms with van der Waals surface area (Å²) in [4.78, 5) is 19.6. The number of amides is 1. The summed E-state index contributed by atoms with van der Waals surface area (Å²) in [5, 5.41) is 0.660. The lowest BCUT2D eigenvalue weighted by Crippen LogP contribution is -2.24. The van der Waals surface area contributed by atoms with Crippen LogP contribution in [0.3, 0.4) is 0 Å². The van der Waals surface area contributed by atoms with Gasteiger partial charge in [-0.25, -0.2) is 4.98 Å². The van der Waals surface area contributed by atoms with Gasteiger partial charge in [0, 0.05) is 29.6 Å². The molecule has 1 saturated heterocycles. The van der Waals surface area contributed by atoms with Crippen LogP contribution in [0.15, 0.2) is 66.7 Å². The van der Waals surface area contributed by atoms with Crippen molar-refractivity contribution in [3.63, 3.8) is 0 Å².